The maximum atomic E-state index is 12.0. The van der Waals surface area contributed by atoms with Gasteiger partial charge in [0.05, 0.1) is 6.04 Å². The Balaban J connectivity index is 0.000000821. The van der Waals surface area contributed by atoms with E-state index >= 15 is 0 Å². The summed E-state index contributed by atoms with van der Waals surface area (Å²) >= 11 is 0. The van der Waals surface area contributed by atoms with Gasteiger partial charge in [0.2, 0.25) is 11.8 Å². The first-order valence-electron chi connectivity index (χ1n) is 8.03. The lowest BCUT2D eigenvalue weighted by atomic mass is 10.0. The van der Waals surface area contributed by atoms with Gasteiger partial charge in [-0.25, -0.2) is 4.79 Å². The van der Waals surface area contributed by atoms with Crippen molar-refractivity contribution in [2.75, 3.05) is 0 Å². The lowest BCUT2D eigenvalue weighted by molar-refractivity contribution is -0.192. The van der Waals surface area contributed by atoms with Gasteiger partial charge in [-0.1, -0.05) is 44.2 Å². The second kappa shape index (κ2) is 11.2. The summed E-state index contributed by atoms with van der Waals surface area (Å²) in [4.78, 5) is 32.2. The largest absolute Gasteiger partial charge is 0.490 e. The third kappa shape index (κ3) is 10.9. The Hall–Kier alpha value is -2.62. The summed E-state index contributed by atoms with van der Waals surface area (Å²) in [5, 5.41) is 9.75. The number of carbonyl (C=O) groups is 3. The number of benzene rings is 1. The fourth-order valence-electron chi connectivity index (χ4n) is 1.96. The molecule has 0 aromatic heterocycles. The number of hydrogen-bond donors (Lipinski definition) is 4. The number of primary amides is 1. The van der Waals surface area contributed by atoms with E-state index in [1.807, 2.05) is 44.2 Å². The number of nitrogens with one attached hydrogen (secondary N) is 1. The Kier molecular flexibility index (Phi) is 10.1. The summed E-state index contributed by atoms with van der Waals surface area (Å²) in [5.74, 6) is -3.37. The maximum Gasteiger partial charge on any atom is 0.490 e. The van der Waals surface area contributed by atoms with Crippen LogP contribution >= 0.6 is 0 Å². The molecule has 0 spiro atoms. The van der Waals surface area contributed by atoms with Crippen LogP contribution in [0.4, 0.5) is 13.2 Å². The van der Waals surface area contributed by atoms with E-state index in [0.29, 0.717) is 12.8 Å². The number of halogens is 3. The third-order valence-electron chi connectivity index (χ3n) is 3.24. The SMILES string of the molecule is CC(C)C[C@H](NC(=O)[C@@H](N)Cc1ccccc1)C(N)=O.O=C(O)C(F)(F)F. The van der Waals surface area contributed by atoms with E-state index < -0.39 is 30.1 Å². The number of rotatable bonds is 7. The average molecular weight is 391 g/mol. The third-order valence-corrected chi connectivity index (χ3v) is 3.24. The minimum atomic E-state index is -5.08. The molecule has 0 saturated carbocycles. The molecule has 27 heavy (non-hydrogen) atoms. The van der Waals surface area contributed by atoms with Gasteiger partial charge in [-0.15, -0.1) is 0 Å². The van der Waals surface area contributed by atoms with E-state index in [4.69, 9.17) is 21.4 Å². The zero-order valence-electron chi connectivity index (χ0n) is 15.0. The molecule has 0 radical (unpaired) electrons. The fourth-order valence-corrected chi connectivity index (χ4v) is 1.96. The molecule has 2 atom stereocenters. The van der Waals surface area contributed by atoms with Crippen molar-refractivity contribution in [2.24, 2.45) is 17.4 Å². The molecular weight excluding hydrogens is 367 g/mol. The van der Waals surface area contributed by atoms with Gasteiger partial charge in [0.15, 0.2) is 0 Å². The van der Waals surface area contributed by atoms with Crippen LogP contribution in [0.1, 0.15) is 25.8 Å². The highest BCUT2D eigenvalue weighted by Gasteiger charge is 2.38. The molecular formula is C17H24F3N3O4. The van der Waals surface area contributed by atoms with Gasteiger partial charge in [0, 0.05) is 0 Å². The van der Waals surface area contributed by atoms with Gasteiger partial charge in [0.1, 0.15) is 6.04 Å². The van der Waals surface area contributed by atoms with Crippen LogP contribution in [0.3, 0.4) is 0 Å². The van der Waals surface area contributed by atoms with Crippen molar-refractivity contribution < 1.29 is 32.7 Å². The van der Waals surface area contributed by atoms with Crippen molar-refractivity contribution in [1.29, 1.82) is 0 Å². The van der Waals surface area contributed by atoms with Crippen LogP contribution in [-0.4, -0.2) is 41.2 Å². The highest BCUT2D eigenvalue weighted by Crippen LogP contribution is 2.13. The van der Waals surface area contributed by atoms with E-state index in [1.54, 1.807) is 0 Å². The molecule has 0 aliphatic carbocycles. The number of aliphatic carboxylic acids is 1. The summed E-state index contributed by atoms with van der Waals surface area (Å²) in [6.45, 7) is 3.93. The van der Waals surface area contributed by atoms with E-state index in [2.05, 4.69) is 5.32 Å². The van der Waals surface area contributed by atoms with Crippen molar-refractivity contribution in [3.8, 4) is 0 Å². The molecule has 0 aliphatic rings. The highest BCUT2D eigenvalue weighted by molar-refractivity contribution is 5.89. The lowest BCUT2D eigenvalue weighted by Crippen LogP contribution is -2.51. The Labute approximate surface area is 154 Å². The van der Waals surface area contributed by atoms with Gasteiger partial charge in [-0.05, 0) is 24.3 Å². The first kappa shape index (κ1) is 24.4. The van der Waals surface area contributed by atoms with Crippen LogP contribution in [0, 0.1) is 5.92 Å². The number of nitrogens with two attached hydrogens (primary N) is 2. The predicted octanol–water partition coefficient (Wildman–Crippen LogP) is 1.21. The van der Waals surface area contributed by atoms with Crippen LogP contribution in [0.25, 0.3) is 0 Å². The van der Waals surface area contributed by atoms with Crippen LogP contribution in [0.15, 0.2) is 30.3 Å². The average Bonchev–Trinajstić information content (AvgIpc) is 2.54. The number of hydrogen-bond acceptors (Lipinski definition) is 4. The lowest BCUT2D eigenvalue weighted by Gasteiger charge is -2.20. The summed E-state index contributed by atoms with van der Waals surface area (Å²) < 4.78 is 31.7. The fraction of sp³-hybridized carbons (Fsp3) is 0.471. The molecule has 0 saturated heterocycles. The molecule has 6 N–H and O–H groups in total. The van der Waals surface area contributed by atoms with Crippen LogP contribution in [0.5, 0.6) is 0 Å². The first-order valence-corrected chi connectivity index (χ1v) is 8.03. The monoisotopic (exact) mass is 391 g/mol. The molecule has 1 aromatic rings. The smallest absolute Gasteiger partial charge is 0.475 e. The van der Waals surface area contributed by atoms with E-state index in [0.717, 1.165) is 5.56 Å². The summed E-state index contributed by atoms with van der Waals surface area (Å²) in [6, 6.07) is 8.16. The van der Waals surface area contributed by atoms with Crippen molar-refractivity contribution in [3.63, 3.8) is 0 Å². The quantitative estimate of drug-likeness (QED) is 0.554. The summed E-state index contributed by atoms with van der Waals surface area (Å²) in [7, 11) is 0. The highest BCUT2D eigenvalue weighted by atomic mass is 19.4. The molecule has 7 nitrogen and oxygen atoms in total. The molecule has 152 valence electrons. The standard InChI is InChI=1S/C15H23N3O2.C2HF3O2/c1-10(2)8-13(14(17)19)18-15(20)12(16)9-11-6-4-3-5-7-11;3-2(4,5)1(6)7/h3-7,10,12-13H,8-9,16H2,1-2H3,(H2,17,19)(H,18,20);(H,6,7)/t12-,13-;/m0./s1. The topological polar surface area (TPSA) is 136 Å². The Morgan fingerprint density at radius 1 is 1.15 bits per heavy atom. The molecule has 0 bridgehead atoms. The van der Waals surface area contributed by atoms with E-state index in [9.17, 15) is 22.8 Å². The molecule has 1 rings (SSSR count). The number of carbonyl (C=O) groups excluding carboxylic acids is 2. The number of carboxylic acids is 1. The van der Waals surface area contributed by atoms with Gasteiger partial charge in [-0.2, -0.15) is 13.2 Å². The number of amides is 2. The number of alkyl halides is 3. The maximum absolute atomic E-state index is 12.0. The molecule has 0 unspecified atom stereocenters. The van der Waals surface area contributed by atoms with Gasteiger partial charge in [-0.3, -0.25) is 9.59 Å². The molecule has 1 aromatic carbocycles. The normalized spacial score (nSPS) is 13.1. The van der Waals surface area contributed by atoms with Gasteiger partial charge in [0.25, 0.3) is 0 Å². The van der Waals surface area contributed by atoms with Crippen LogP contribution in [0.2, 0.25) is 0 Å². The second-order valence-corrected chi connectivity index (χ2v) is 6.19. The Morgan fingerprint density at radius 2 is 1.63 bits per heavy atom. The molecule has 10 heteroatoms. The van der Waals surface area contributed by atoms with Crippen molar-refractivity contribution in [2.45, 2.75) is 44.9 Å². The summed E-state index contributed by atoms with van der Waals surface area (Å²) in [5.41, 5.74) is 12.1. The predicted molar refractivity (Wildman–Crippen MR) is 92.4 cm³/mol. The Bertz CT molecular complexity index is 622. The molecule has 2 amide bonds. The Morgan fingerprint density at radius 3 is 2.00 bits per heavy atom. The van der Waals surface area contributed by atoms with E-state index in [-0.39, 0.29) is 11.8 Å². The first-order chi connectivity index (χ1) is 12.3. The van der Waals surface area contributed by atoms with Crippen molar-refractivity contribution in [1.82, 2.24) is 5.32 Å². The van der Waals surface area contributed by atoms with Crippen molar-refractivity contribution >= 4 is 17.8 Å². The minimum Gasteiger partial charge on any atom is -0.475 e. The van der Waals surface area contributed by atoms with Crippen molar-refractivity contribution in [3.05, 3.63) is 35.9 Å². The zero-order valence-corrected chi connectivity index (χ0v) is 15.0. The van der Waals surface area contributed by atoms with Crippen LogP contribution < -0.4 is 16.8 Å². The summed E-state index contributed by atoms with van der Waals surface area (Å²) in [6.07, 6.45) is -4.14. The zero-order chi connectivity index (χ0) is 21.2. The van der Waals surface area contributed by atoms with Gasteiger partial charge >= 0.3 is 12.1 Å². The van der Waals surface area contributed by atoms with Crippen LogP contribution in [-0.2, 0) is 20.8 Å². The minimum absolute atomic E-state index is 0.262. The molecule has 0 aliphatic heterocycles. The van der Waals surface area contributed by atoms with E-state index in [1.165, 1.54) is 0 Å². The molecule has 0 heterocycles. The number of carboxylic acid groups (broad SMARTS) is 1. The molecule has 0 fully saturated rings. The van der Waals surface area contributed by atoms with Gasteiger partial charge < -0.3 is 21.9 Å². The second-order valence-electron chi connectivity index (χ2n) is 6.19.